The molecule has 0 spiro atoms. The van der Waals surface area contributed by atoms with Crippen LogP contribution in [-0.2, 0) is 27.3 Å². The van der Waals surface area contributed by atoms with Gasteiger partial charge in [-0.05, 0) is 34.1 Å². The molecule has 0 aliphatic heterocycles. The van der Waals surface area contributed by atoms with Crippen LogP contribution in [0.2, 0.25) is 0 Å². The smallest absolute Gasteiger partial charge is 0.170 e. The zero-order chi connectivity index (χ0) is 16.4. The van der Waals surface area contributed by atoms with Gasteiger partial charge >= 0.3 is 0 Å². The number of nitrogens with zero attached hydrogens (tertiary/aromatic N) is 3. The molecule has 0 aliphatic rings. The number of benzene rings is 1. The van der Waals surface area contributed by atoms with Gasteiger partial charge in [-0.3, -0.25) is 4.99 Å². The zero-order valence-corrected chi connectivity index (χ0v) is 15.7. The summed E-state index contributed by atoms with van der Waals surface area (Å²) >= 11 is 0. The van der Waals surface area contributed by atoms with E-state index in [0.29, 0.717) is 5.82 Å². The van der Waals surface area contributed by atoms with E-state index in [1.54, 1.807) is 24.7 Å². The molecule has 4 heteroatoms. The van der Waals surface area contributed by atoms with E-state index in [4.69, 9.17) is 0 Å². The molecular formula is C19H25N3Ni. The van der Waals surface area contributed by atoms with Crippen molar-refractivity contribution in [1.29, 1.82) is 0 Å². The first-order valence-electron chi connectivity index (χ1n) is 7.64. The minimum Gasteiger partial charge on any atom is -0.253 e. The molecule has 0 radical (unpaired) electrons. The minimum atomic E-state index is 0. The predicted octanol–water partition coefficient (Wildman–Crippen LogP) is 4.82. The van der Waals surface area contributed by atoms with Crippen LogP contribution in [0.15, 0.2) is 41.7 Å². The Labute approximate surface area is 149 Å². The molecule has 3 nitrogen and oxygen atoms in total. The van der Waals surface area contributed by atoms with Gasteiger partial charge in [0.1, 0.15) is 0 Å². The predicted molar refractivity (Wildman–Crippen MR) is 93.1 cm³/mol. The molecular weight excluding hydrogens is 329 g/mol. The zero-order valence-electron chi connectivity index (χ0n) is 14.7. The molecule has 1 aromatic heterocycles. The van der Waals surface area contributed by atoms with Crippen LogP contribution in [0, 0.1) is 0 Å². The third-order valence-corrected chi connectivity index (χ3v) is 3.58. The van der Waals surface area contributed by atoms with Crippen molar-refractivity contribution >= 4 is 11.9 Å². The van der Waals surface area contributed by atoms with E-state index in [1.165, 1.54) is 11.1 Å². The van der Waals surface area contributed by atoms with E-state index in [0.717, 1.165) is 5.69 Å². The number of hydrogen-bond acceptors (Lipinski definition) is 3. The monoisotopic (exact) mass is 353 g/mol. The second-order valence-corrected chi connectivity index (χ2v) is 7.60. The molecule has 0 bridgehead atoms. The summed E-state index contributed by atoms with van der Waals surface area (Å²) in [7, 11) is 0. The average molecular weight is 354 g/mol. The van der Waals surface area contributed by atoms with E-state index in [2.05, 4.69) is 74.7 Å². The molecule has 0 saturated carbocycles. The molecule has 126 valence electrons. The van der Waals surface area contributed by atoms with Crippen molar-refractivity contribution in [2.24, 2.45) is 4.99 Å². The fourth-order valence-electron chi connectivity index (χ4n) is 2.24. The second kappa shape index (κ2) is 7.36. The summed E-state index contributed by atoms with van der Waals surface area (Å²) in [5.74, 6) is 0.628. The summed E-state index contributed by atoms with van der Waals surface area (Å²) in [6.45, 7) is 13.3. The van der Waals surface area contributed by atoms with E-state index < -0.39 is 0 Å². The van der Waals surface area contributed by atoms with E-state index in [1.807, 2.05) is 0 Å². The molecule has 2 rings (SSSR count). The van der Waals surface area contributed by atoms with Gasteiger partial charge in [-0.2, -0.15) is 0 Å². The summed E-state index contributed by atoms with van der Waals surface area (Å²) in [4.78, 5) is 13.1. The molecule has 1 heterocycles. The summed E-state index contributed by atoms with van der Waals surface area (Å²) in [5.41, 5.74) is 3.64. The largest absolute Gasteiger partial charge is 0.253 e. The van der Waals surface area contributed by atoms with Gasteiger partial charge in [-0.25, -0.2) is 9.97 Å². The van der Waals surface area contributed by atoms with E-state index >= 15 is 0 Å². The van der Waals surface area contributed by atoms with Crippen LogP contribution in [0.5, 0.6) is 0 Å². The van der Waals surface area contributed by atoms with Crippen LogP contribution >= 0.6 is 0 Å². The van der Waals surface area contributed by atoms with Crippen molar-refractivity contribution < 1.29 is 16.5 Å². The van der Waals surface area contributed by atoms with Gasteiger partial charge in [0, 0.05) is 28.9 Å². The van der Waals surface area contributed by atoms with Crippen molar-refractivity contribution in [1.82, 2.24) is 9.97 Å². The summed E-state index contributed by atoms with van der Waals surface area (Å²) in [6, 6.07) is 8.38. The molecule has 0 aliphatic carbocycles. The van der Waals surface area contributed by atoms with E-state index in [9.17, 15) is 0 Å². The van der Waals surface area contributed by atoms with E-state index in [-0.39, 0.29) is 27.3 Å². The van der Waals surface area contributed by atoms with Gasteiger partial charge in [0.2, 0.25) is 0 Å². The van der Waals surface area contributed by atoms with Crippen LogP contribution in [0.1, 0.15) is 58.5 Å². The maximum Gasteiger partial charge on any atom is 0.170 e. The molecule has 0 atom stereocenters. The fraction of sp³-hybridized carbons (Fsp3) is 0.421. The molecule has 0 saturated heterocycles. The quantitative estimate of drug-likeness (QED) is 0.573. The Kier molecular flexibility index (Phi) is 6.24. The van der Waals surface area contributed by atoms with Crippen molar-refractivity contribution in [3.8, 4) is 0 Å². The molecule has 1 aromatic carbocycles. The Balaban J connectivity index is 0.00000264. The second-order valence-electron chi connectivity index (χ2n) is 7.60. The van der Waals surface area contributed by atoms with Crippen LogP contribution in [0.3, 0.4) is 0 Å². The number of hydrogen-bond donors (Lipinski definition) is 0. The van der Waals surface area contributed by atoms with Crippen LogP contribution < -0.4 is 0 Å². The first-order valence-corrected chi connectivity index (χ1v) is 7.64. The maximum absolute atomic E-state index is 4.67. The van der Waals surface area contributed by atoms with Crippen molar-refractivity contribution in [2.45, 2.75) is 52.4 Å². The first-order chi connectivity index (χ1) is 10.2. The summed E-state index contributed by atoms with van der Waals surface area (Å²) < 4.78 is 0. The Morgan fingerprint density at radius 1 is 0.913 bits per heavy atom. The molecule has 0 N–H and O–H groups in total. The average Bonchev–Trinajstić information content (AvgIpc) is 2.44. The van der Waals surface area contributed by atoms with Gasteiger partial charge in [0.05, 0.1) is 11.9 Å². The molecule has 23 heavy (non-hydrogen) atoms. The van der Waals surface area contributed by atoms with Gasteiger partial charge < -0.3 is 0 Å². The Hall–Kier alpha value is -1.54. The van der Waals surface area contributed by atoms with Crippen LogP contribution in [-0.4, -0.2) is 16.2 Å². The first kappa shape index (κ1) is 19.5. The molecule has 0 amide bonds. The third-order valence-electron chi connectivity index (χ3n) is 3.58. The molecule has 0 unspecified atom stereocenters. The Morgan fingerprint density at radius 3 is 2.04 bits per heavy atom. The fourth-order valence-corrected chi connectivity index (χ4v) is 2.24. The van der Waals surface area contributed by atoms with Gasteiger partial charge in [0.25, 0.3) is 0 Å². The Bertz CT molecular complexity index is 665. The topological polar surface area (TPSA) is 38.1 Å². The minimum absolute atomic E-state index is 0. The van der Waals surface area contributed by atoms with Crippen LogP contribution in [0.25, 0.3) is 0 Å². The SMILES string of the molecule is CC(C)(C)c1ccc(C(C)(C)C)c(N=Cc2ncccn2)c1.[Ni]. The number of aliphatic imine (C=N–C) groups is 1. The summed E-state index contributed by atoms with van der Waals surface area (Å²) in [5, 5.41) is 0. The maximum atomic E-state index is 4.67. The van der Waals surface area contributed by atoms with Crippen molar-refractivity contribution in [2.75, 3.05) is 0 Å². The van der Waals surface area contributed by atoms with Crippen molar-refractivity contribution in [3.05, 3.63) is 53.6 Å². The van der Waals surface area contributed by atoms with Gasteiger partial charge in [-0.1, -0.05) is 53.7 Å². The number of aromatic nitrogens is 2. The normalized spacial score (nSPS) is 12.3. The number of rotatable bonds is 2. The standard InChI is InChI=1S/C19H25N3.Ni/c1-18(2,3)14-8-9-15(19(4,5)6)16(12-14)22-13-17-20-10-7-11-21-17;/h7-13H,1-6H3;. The summed E-state index contributed by atoms with van der Waals surface area (Å²) in [6.07, 6.45) is 5.19. The molecule has 2 aromatic rings. The third kappa shape index (κ3) is 5.25. The van der Waals surface area contributed by atoms with Crippen molar-refractivity contribution in [3.63, 3.8) is 0 Å². The Morgan fingerprint density at radius 2 is 1.52 bits per heavy atom. The van der Waals surface area contributed by atoms with Gasteiger partial charge in [0.15, 0.2) is 5.82 Å². The van der Waals surface area contributed by atoms with Crippen LogP contribution in [0.4, 0.5) is 5.69 Å². The molecule has 0 fully saturated rings. The van der Waals surface area contributed by atoms with Gasteiger partial charge in [-0.15, -0.1) is 0 Å².